The summed E-state index contributed by atoms with van der Waals surface area (Å²) in [5.74, 6) is -0.817. The number of unbranched alkanes of at least 4 members (excludes halogenated alkanes) is 39. The van der Waals surface area contributed by atoms with E-state index in [0.29, 0.717) is 6.42 Å². The topological polar surface area (TPSA) is 134 Å². The van der Waals surface area contributed by atoms with E-state index in [-0.39, 0.29) is 38.6 Å². The van der Waals surface area contributed by atoms with Crippen LogP contribution in [0.2, 0.25) is 0 Å². The van der Waals surface area contributed by atoms with E-state index in [0.717, 1.165) is 103 Å². The van der Waals surface area contributed by atoms with Gasteiger partial charge in [0.25, 0.3) is 0 Å². The minimum absolute atomic E-state index is 0.0507. The molecule has 2 unspecified atom stereocenters. The van der Waals surface area contributed by atoms with Crippen molar-refractivity contribution >= 4 is 19.8 Å². The smallest absolute Gasteiger partial charge is 0.462 e. The first-order valence-electron chi connectivity index (χ1n) is 39.7. The summed E-state index contributed by atoms with van der Waals surface area (Å²) in [7, 11) is -4.40. The van der Waals surface area contributed by atoms with Crippen LogP contribution in [0.3, 0.4) is 0 Å². The summed E-state index contributed by atoms with van der Waals surface area (Å²) >= 11 is 0. The van der Waals surface area contributed by atoms with Gasteiger partial charge in [-0.1, -0.05) is 366 Å². The summed E-state index contributed by atoms with van der Waals surface area (Å²) in [5.41, 5.74) is 5.41. The standard InChI is InChI=1S/C85H148NO8P/c1-3-5-7-9-11-13-15-17-19-21-23-25-27-29-31-33-35-37-38-39-40-41-42-43-44-46-48-50-52-54-56-58-60-62-64-66-68-70-72-74-76-78-85(88)94-83(82-93-95(89,90)92-80-79-86)81-91-84(87)77-75-73-71-69-67-65-63-61-59-57-55-53-51-49-47-45-36-34-32-30-28-26-24-22-20-18-16-14-12-10-8-6-4-2/h5,7,11,13,16-19,22-25,28-31,35,37,39-40,42-43,83H,3-4,6,8-10,12,14-15,20-21,26-27,32-34,36,38,41,44-82,86H2,1-2H3,(H,89,90)/b7-5-,13-11-,18-16-,19-17-,24-22-,25-23-,30-28-,31-29-,37-35-,40-39-,43-42-. The third-order valence-electron chi connectivity index (χ3n) is 17.0. The van der Waals surface area contributed by atoms with Crippen LogP contribution < -0.4 is 5.73 Å². The molecule has 546 valence electrons. The van der Waals surface area contributed by atoms with Crippen molar-refractivity contribution in [1.29, 1.82) is 0 Å². The molecule has 0 aliphatic heterocycles. The zero-order valence-electron chi connectivity index (χ0n) is 61.6. The van der Waals surface area contributed by atoms with Gasteiger partial charge < -0.3 is 20.1 Å². The average Bonchev–Trinajstić information content (AvgIpc) is 2.75. The van der Waals surface area contributed by atoms with E-state index in [1.165, 1.54) is 225 Å². The number of nitrogens with two attached hydrogens (primary N) is 1. The summed E-state index contributed by atoms with van der Waals surface area (Å²) < 4.78 is 33.3. The van der Waals surface area contributed by atoms with Crippen molar-refractivity contribution < 1.29 is 37.6 Å². The first-order chi connectivity index (χ1) is 46.8. The van der Waals surface area contributed by atoms with E-state index in [4.69, 9.17) is 24.3 Å². The SMILES string of the molecule is CC/C=C\C/C=C\C/C=C\C/C=C\C/C=C\C/C=C\C/C=C\C/C=C\CCCCCCCCCCCCCCCCCCC(=O)OC(COC(=O)CCCCCCCCCCCCCCCCCCCC/C=C\C/C=C\C/C=C\CCCCCCC)COP(=O)(O)OCCN. The molecule has 0 aromatic rings. The lowest BCUT2D eigenvalue weighted by atomic mass is 10.0. The van der Waals surface area contributed by atoms with Crippen molar-refractivity contribution in [2.75, 3.05) is 26.4 Å². The van der Waals surface area contributed by atoms with Crippen molar-refractivity contribution in [3.63, 3.8) is 0 Å². The monoisotopic (exact) mass is 1340 g/mol. The van der Waals surface area contributed by atoms with Gasteiger partial charge in [0.2, 0.25) is 0 Å². The van der Waals surface area contributed by atoms with E-state index in [1.807, 2.05) is 0 Å². The number of rotatable bonds is 74. The van der Waals surface area contributed by atoms with Crippen LogP contribution in [0, 0.1) is 0 Å². The van der Waals surface area contributed by atoms with Gasteiger partial charge >= 0.3 is 19.8 Å². The lowest BCUT2D eigenvalue weighted by Gasteiger charge is -2.19. The molecule has 0 saturated carbocycles. The predicted octanol–water partition coefficient (Wildman–Crippen LogP) is 26.8. The van der Waals surface area contributed by atoms with Crippen molar-refractivity contribution in [1.82, 2.24) is 0 Å². The lowest BCUT2D eigenvalue weighted by Crippen LogP contribution is -2.29. The van der Waals surface area contributed by atoms with Gasteiger partial charge in [-0.05, 0) is 116 Å². The van der Waals surface area contributed by atoms with Crippen LogP contribution in [0.4, 0.5) is 0 Å². The third-order valence-corrected chi connectivity index (χ3v) is 18.0. The third kappa shape index (κ3) is 79.0. The Morgan fingerprint density at radius 2 is 0.579 bits per heavy atom. The van der Waals surface area contributed by atoms with Crippen LogP contribution >= 0.6 is 7.82 Å². The Labute approximate surface area is 586 Å². The van der Waals surface area contributed by atoms with Crippen LogP contribution in [0.1, 0.15) is 361 Å². The van der Waals surface area contributed by atoms with Crippen molar-refractivity contribution in [2.24, 2.45) is 5.73 Å². The van der Waals surface area contributed by atoms with E-state index in [9.17, 15) is 19.0 Å². The maximum Gasteiger partial charge on any atom is 0.472 e. The first-order valence-corrected chi connectivity index (χ1v) is 41.2. The molecule has 0 saturated heterocycles. The maximum absolute atomic E-state index is 12.8. The van der Waals surface area contributed by atoms with Crippen LogP contribution in [-0.2, 0) is 32.7 Å². The van der Waals surface area contributed by atoms with Gasteiger partial charge in [0.1, 0.15) is 6.61 Å². The molecular weight excluding hydrogens is 1190 g/mol. The lowest BCUT2D eigenvalue weighted by molar-refractivity contribution is -0.161. The molecule has 0 rings (SSSR count). The molecule has 0 fully saturated rings. The molecule has 0 spiro atoms. The van der Waals surface area contributed by atoms with E-state index < -0.39 is 26.5 Å². The van der Waals surface area contributed by atoms with Crippen LogP contribution in [-0.4, -0.2) is 49.3 Å². The number of ether oxygens (including phenoxy) is 2. The van der Waals surface area contributed by atoms with Crippen LogP contribution in [0.5, 0.6) is 0 Å². The van der Waals surface area contributed by atoms with Gasteiger partial charge in [0.05, 0.1) is 13.2 Å². The van der Waals surface area contributed by atoms with Crippen LogP contribution in [0.25, 0.3) is 0 Å². The summed E-state index contributed by atoms with van der Waals surface area (Å²) in [5, 5.41) is 0. The summed E-state index contributed by atoms with van der Waals surface area (Å²) in [6.45, 7) is 3.66. The molecule has 0 aliphatic rings. The number of esters is 2. The van der Waals surface area contributed by atoms with Crippen molar-refractivity contribution in [2.45, 2.75) is 367 Å². The van der Waals surface area contributed by atoms with Gasteiger partial charge in [-0.2, -0.15) is 0 Å². The minimum Gasteiger partial charge on any atom is -0.462 e. The second-order valence-corrected chi connectivity index (χ2v) is 27.7. The molecule has 95 heavy (non-hydrogen) atoms. The van der Waals surface area contributed by atoms with Gasteiger partial charge in [-0.25, -0.2) is 4.57 Å². The summed E-state index contributed by atoms with van der Waals surface area (Å²) in [6.07, 6.45) is 113. The second kappa shape index (κ2) is 79.1. The largest absolute Gasteiger partial charge is 0.472 e. The molecule has 0 aliphatic carbocycles. The van der Waals surface area contributed by atoms with E-state index >= 15 is 0 Å². The molecule has 0 aromatic heterocycles. The Morgan fingerprint density at radius 1 is 0.326 bits per heavy atom. The molecule has 0 amide bonds. The summed E-state index contributed by atoms with van der Waals surface area (Å²) in [6, 6.07) is 0. The molecule has 0 aromatic carbocycles. The van der Waals surface area contributed by atoms with Gasteiger partial charge in [0, 0.05) is 19.4 Å². The molecule has 0 heterocycles. The zero-order valence-corrected chi connectivity index (χ0v) is 62.5. The number of carbonyl (C=O) groups excluding carboxylic acids is 2. The number of hydrogen-bond acceptors (Lipinski definition) is 8. The van der Waals surface area contributed by atoms with E-state index in [2.05, 4.69) is 148 Å². The molecule has 9 nitrogen and oxygen atoms in total. The van der Waals surface area contributed by atoms with Gasteiger partial charge in [0.15, 0.2) is 6.10 Å². The Hall–Kier alpha value is -3.85. The molecule has 10 heteroatoms. The first kappa shape index (κ1) is 91.2. The number of carbonyl (C=O) groups is 2. The van der Waals surface area contributed by atoms with Crippen molar-refractivity contribution in [3.8, 4) is 0 Å². The molecule has 0 bridgehead atoms. The highest BCUT2D eigenvalue weighted by Crippen LogP contribution is 2.43. The number of phosphoric acid groups is 1. The fraction of sp³-hybridized carbons (Fsp3) is 0.718. The fourth-order valence-corrected chi connectivity index (χ4v) is 12.0. The Balaban J connectivity index is 3.83. The Kier molecular flexibility index (Phi) is 75.9. The number of phosphoric ester groups is 1. The Bertz CT molecular complexity index is 2030. The highest BCUT2D eigenvalue weighted by molar-refractivity contribution is 7.47. The van der Waals surface area contributed by atoms with Crippen molar-refractivity contribution in [3.05, 3.63) is 134 Å². The average molecular weight is 1340 g/mol. The number of hydrogen-bond donors (Lipinski definition) is 2. The molecule has 3 N–H and O–H groups in total. The quantitative estimate of drug-likeness (QED) is 0.0264. The second-order valence-electron chi connectivity index (χ2n) is 26.2. The fourth-order valence-electron chi connectivity index (χ4n) is 11.2. The van der Waals surface area contributed by atoms with E-state index in [1.54, 1.807) is 0 Å². The molecule has 0 radical (unpaired) electrons. The highest BCUT2D eigenvalue weighted by atomic mass is 31.2. The predicted molar refractivity (Wildman–Crippen MR) is 413 cm³/mol. The maximum atomic E-state index is 12.8. The van der Waals surface area contributed by atoms with Crippen LogP contribution in [0.15, 0.2) is 134 Å². The normalized spacial score (nSPS) is 13.6. The number of allylic oxidation sites excluding steroid dienone is 22. The summed E-state index contributed by atoms with van der Waals surface area (Å²) in [4.78, 5) is 35.5. The Morgan fingerprint density at radius 3 is 0.863 bits per heavy atom. The molecule has 2 atom stereocenters. The minimum atomic E-state index is -4.40. The zero-order chi connectivity index (χ0) is 68.6. The van der Waals surface area contributed by atoms with Gasteiger partial charge in [-0.15, -0.1) is 0 Å². The van der Waals surface area contributed by atoms with Gasteiger partial charge in [-0.3, -0.25) is 18.6 Å². The highest BCUT2D eigenvalue weighted by Gasteiger charge is 2.26. The molecular formula is C85H148NO8P.